The van der Waals surface area contributed by atoms with E-state index in [-0.39, 0.29) is 0 Å². The Hall–Kier alpha value is -1.60. The molecule has 0 bridgehead atoms. The number of hydrogen-bond donors (Lipinski definition) is 1. The summed E-state index contributed by atoms with van der Waals surface area (Å²) in [5.41, 5.74) is 6.90. The average Bonchev–Trinajstić information content (AvgIpc) is 2.45. The van der Waals surface area contributed by atoms with Crippen LogP contribution in [0.2, 0.25) is 0 Å². The van der Waals surface area contributed by atoms with Crippen LogP contribution in [0.5, 0.6) is 0 Å². The molecule has 0 aliphatic carbocycles. The van der Waals surface area contributed by atoms with Gasteiger partial charge in [-0.2, -0.15) is 0 Å². The van der Waals surface area contributed by atoms with Crippen molar-refractivity contribution in [2.45, 2.75) is 47.2 Å². The lowest BCUT2D eigenvalue weighted by Gasteiger charge is -2.24. The Morgan fingerprint density at radius 3 is 2.10 bits per heavy atom. The minimum atomic E-state index is 0.396. The Bertz CT molecular complexity index is 584. The van der Waals surface area contributed by atoms with Gasteiger partial charge in [0.25, 0.3) is 0 Å². The van der Waals surface area contributed by atoms with Crippen molar-refractivity contribution in [1.82, 2.24) is 5.32 Å². The molecule has 0 amide bonds. The zero-order valence-electron chi connectivity index (χ0n) is 13.9. The van der Waals surface area contributed by atoms with Gasteiger partial charge in [0.05, 0.1) is 0 Å². The summed E-state index contributed by atoms with van der Waals surface area (Å²) in [6, 6.07) is 15.7. The molecule has 1 atom stereocenters. The second-order valence-corrected chi connectivity index (χ2v) is 6.38. The maximum absolute atomic E-state index is 3.74. The molecule has 112 valence electrons. The zero-order valence-corrected chi connectivity index (χ0v) is 13.9. The summed E-state index contributed by atoms with van der Waals surface area (Å²) in [4.78, 5) is 0. The van der Waals surface area contributed by atoms with Crippen LogP contribution < -0.4 is 5.32 Å². The molecule has 0 aromatic heterocycles. The lowest BCUT2D eigenvalue weighted by Crippen LogP contribution is -2.25. The number of benzene rings is 2. The lowest BCUT2D eigenvalue weighted by atomic mass is 9.95. The SMILES string of the molecule is Cc1cc(C)c(CNC(c2ccccc2)C(C)C)cc1C. The maximum Gasteiger partial charge on any atom is 0.0346 e. The van der Waals surface area contributed by atoms with Gasteiger partial charge in [0.1, 0.15) is 0 Å². The summed E-state index contributed by atoms with van der Waals surface area (Å²) < 4.78 is 0. The molecule has 0 heterocycles. The molecule has 0 aliphatic rings. The first-order chi connectivity index (χ1) is 9.99. The molecule has 0 aliphatic heterocycles. The molecule has 0 spiro atoms. The fraction of sp³-hybridized carbons (Fsp3) is 0.400. The van der Waals surface area contributed by atoms with E-state index in [2.05, 4.69) is 82.4 Å². The highest BCUT2D eigenvalue weighted by molar-refractivity contribution is 5.36. The van der Waals surface area contributed by atoms with Crippen LogP contribution >= 0.6 is 0 Å². The Morgan fingerprint density at radius 1 is 0.857 bits per heavy atom. The smallest absolute Gasteiger partial charge is 0.0346 e. The van der Waals surface area contributed by atoms with Gasteiger partial charge in [-0.15, -0.1) is 0 Å². The van der Waals surface area contributed by atoms with Crippen molar-refractivity contribution < 1.29 is 0 Å². The van der Waals surface area contributed by atoms with Crippen molar-refractivity contribution >= 4 is 0 Å². The van der Waals surface area contributed by atoms with E-state index >= 15 is 0 Å². The summed E-state index contributed by atoms with van der Waals surface area (Å²) in [5, 5.41) is 3.74. The van der Waals surface area contributed by atoms with Gasteiger partial charge in [-0.25, -0.2) is 0 Å². The second kappa shape index (κ2) is 6.91. The van der Waals surface area contributed by atoms with Crippen molar-refractivity contribution in [1.29, 1.82) is 0 Å². The van der Waals surface area contributed by atoms with Crippen LogP contribution in [0.1, 0.15) is 47.7 Å². The predicted molar refractivity (Wildman–Crippen MR) is 91.5 cm³/mol. The third-order valence-electron chi connectivity index (χ3n) is 4.29. The molecule has 1 unspecified atom stereocenters. The van der Waals surface area contributed by atoms with Gasteiger partial charge in [0.15, 0.2) is 0 Å². The minimum Gasteiger partial charge on any atom is -0.306 e. The lowest BCUT2D eigenvalue weighted by molar-refractivity contribution is 0.410. The van der Waals surface area contributed by atoms with E-state index < -0.39 is 0 Å². The van der Waals surface area contributed by atoms with Gasteiger partial charge >= 0.3 is 0 Å². The molecule has 2 rings (SSSR count). The molecule has 1 N–H and O–H groups in total. The standard InChI is InChI=1S/C20H27N/c1-14(2)20(18-9-7-6-8-10-18)21-13-19-12-16(4)15(3)11-17(19)5/h6-12,14,20-21H,13H2,1-5H3. The van der Waals surface area contributed by atoms with Crippen molar-refractivity contribution in [3.8, 4) is 0 Å². The Labute approximate surface area is 129 Å². The second-order valence-electron chi connectivity index (χ2n) is 6.38. The fourth-order valence-corrected chi connectivity index (χ4v) is 2.83. The van der Waals surface area contributed by atoms with E-state index in [0.717, 1.165) is 6.54 Å². The summed E-state index contributed by atoms with van der Waals surface area (Å²) in [5.74, 6) is 0.569. The van der Waals surface area contributed by atoms with Crippen LogP contribution in [0.3, 0.4) is 0 Å². The highest BCUT2D eigenvalue weighted by atomic mass is 14.9. The Kier molecular flexibility index (Phi) is 5.19. The van der Waals surface area contributed by atoms with Crippen molar-refractivity contribution in [3.63, 3.8) is 0 Å². The molecule has 0 fully saturated rings. The third kappa shape index (κ3) is 3.95. The van der Waals surface area contributed by atoms with Gasteiger partial charge in [0.2, 0.25) is 0 Å². The largest absolute Gasteiger partial charge is 0.306 e. The minimum absolute atomic E-state index is 0.396. The molecular weight excluding hydrogens is 254 g/mol. The first kappa shape index (κ1) is 15.8. The van der Waals surface area contributed by atoms with Crippen LogP contribution in [0.25, 0.3) is 0 Å². The summed E-state index contributed by atoms with van der Waals surface area (Å²) in [6.07, 6.45) is 0. The Morgan fingerprint density at radius 2 is 1.48 bits per heavy atom. The van der Waals surface area contributed by atoms with Gasteiger partial charge in [-0.1, -0.05) is 56.3 Å². The Balaban J connectivity index is 2.15. The third-order valence-corrected chi connectivity index (χ3v) is 4.29. The number of aryl methyl sites for hydroxylation is 3. The van der Waals surface area contributed by atoms with E-state index in [1.165, 1.54) is 27.8 Å². The van der Waals surface area contributed by atoms with Gasteiger partial charge in [0, 0.05) is 12.6 Å². The zero-order chi connectivity index (χ0) is 15.4. The van der Waals surface area contributed by atoms with Gasteiger partial charge in [-0.3, -0.25) is 0 Å². The summed E-state index contributed by atoms with van der Waals surface area (Å²) in [7, 11) is 0. The monoisotopic (exact) mass is 281 g/mol. The molecular formula is C20H27N. The van der Waals surface area contributed by atoms with Gasteiger partial charge in [-0.05, 0) is 54.5 Å². The quantitative estimate of drug-likeness (QED) is 0.804. The van der Waals surface area contributed by atoms with E-state index in [4.69, 9.17) is 0 Å². The van der Waals surface area contributed by atoms with E-state index in [9.17, 15) is 0 Å². The van der Waals surface area contributed by atoms with Crippen LogP contribution in [0.15, 0.2) is 42.5 Å². The topological polar surface area (TPSA) is 12.0 Å². The van der Waals surface area contributed by atoms with Crippen molar-refractivity contribution in [3.05, 3.63) is 70.3 Å². The molecule has 0 saturated heterocycles. The molecule has 21 heavy (non-hydrogen) atoms. The number of rotatable bonds is 5. The fourth-order valence-electron chi connectivity index (χ4n) is 2.83. The molecule has 1 nitrogen and oxygen atoms in total. The molecule has 0 radical (unpaired) electrons. The first-order valence-corrected chi connectivity index (χ1v) is 7.84. The maximum atomic E-state index is 3.74. The van der Waals surface area contributed by atoms with Crippen LogP contribution in [-0.4, -0.2) is 0 Å². The van der Waals surface area contributed by atoms with E-state index in [1.54, 1.807) is 0 Å². The predicted octanol–water partition coefficient (Wildman–Crippen LogP) is 5.10. The van der Waals surface area contributed by atoms with Gasteiger partial charge < -0.3 is 5.32 Å². The van der Waals surface area contributed by atoms with Crippen LogP contribution in [0, 0.1) is 26.7 Å². The number of hydrogen-bond acceptors (Lipinski definition) is 1. The highest BCUT2D eigenvalue weighted by Gasteiger charge is 2.15. The summed E-state index contributed by atoms with van der Waals surface area (Å²) >= 11 is 0. The number of nitrogens with one attached hydrogen (secondary N) is 1. The molecule has 1 heteroatoms. The van der Waals surface area contributed by atoms with Crippen molar-refractivity contribution in [2.24, 2.45) is 5.92 Å². The summed E-state index contributed by atoms with van der Waals surface area (Å²) in [6.45, 7) is 12.0. The van der Waals surface area contributed by atoms with E-state index in [1.807, 2.05) is 0 Å². The van der Waals surface area contributed by atoms with Crippen LogP contribution in [0.4, 0.5) is 0 Å². The molecule has 2 aromatic carbocycles. The average molecular weight is 281 g/mol. The van der Waals surface area contributed by atoms with Crippen molar-refractivity contribution in [2.75, 3.05) is 0 Å². The molecule has 0 saturated carbocycles. The van der Waals surface area contributed by atoms with Crippen LogP contribution in [-0.2, 0) is 6.54 Å². The van der Waals surface area contributed by atoms with E-state index in [0.29, 0.717) is 12.0 Å². The normalized spacial score (nSPS) is 12.7. The highest BCUT2D eigenvalue weighted by Crippen LogP contribution is 2.23. The first-order valence-electron chi connectivity index (χ1n) is 7.84. The molecule has 2 aromatic rings.